The molecule has 0 saturated heterocycles. The normalized spacial score (nSPS) is 12.2. The fraction of sp³-hybridized carbons (Fsp3) is 0.250. The average molecular weight is 463 g/mol. The van der Waals surface area contributed by atoms with E-state index in [1.807, 2.05) is 12.1 Å². The van der Waals surface area contributed by atoms with E-state index in [2.05, 4.69) is 78.1 Å². The molecule has 1 nitrogen and oxygen atoms in total. The summed E-state index contributed by atoms with van der Waals surface area (Å²) in [7, 11) is 1.72. The number of methoxy groups -OCH3 is 1. The minimum Gasteiger partial charge on any atom is -0.496 e. The number of hydrogen-bond acceptors (Lipinski definition) is 1. The molecule has 2 aromatic rings. The summed E-state index contributed by atoms with van der Waals surface area (Å²) in [5.41, 5.74) is 2.53. The van der Waals surface area contributed by atoms with Crippen molar-refractivity contribution < 1.29 is 4.74 Å². The molecule has 0 aliphatic heterocycles. The number of ether oxygens (including phenoxy) is 1. The smallest absolute Gasteiger partial charge is 0.122 e. The largest absolute Gasteiger partial charge is 0.496 e. The van der Waals surface area contributed by atoms with Gasteiger partial charge in [-0.3, -0.25) is 0 Å². The number of hydrogen-bond donors (Lipinski definition) is 0. The van der Waals surface area contributed by atoms with Crippen molar-refractivity contribution in [3.05, 3.63) is 62.5 Å². The summed E-state index contributed by atoms with van der Waals surface area (Å²) < 4.78 is 7.65. The molecule has 0 aliphatic carbocycles. The second-order valence-corrected chi connectivity index (χ2v) is 7.05. The van der Waals surface area contributed by atoms with Gasteiger partial charge in [-0.25, -0.2) is 0 Å². The third-order valence-electron chi connectivity index (χ3n) is 3.22. The molecular weight excluding hydrogens is 448 g/mol. The highest BCUT2D eigenvalue weighted by molar-refractivity contribution is 9.10. The van der Waals surface area contributed by atoms with Crippen LogP contribution in [0.3, 0.4) is 0 Å². The molecule has 0 aromatic heterocycles. The Hall–Kier alpha value is -0.320. The van der Waals surface area contributed by atoms with Crippen molar-refractivity contribution >= 4 is 47.8 Å². The molecule has 1 unspecified atom stereocenters. The fourth-order valence-electron chi connectivity index (χ4n) is 2.19. The third-order valence-corrected chi connectivity index (χ3v) is 4.98. The van der Waals surface area contributed by atoms with Gasteiger partial charge in [0, 0.05) is 14.3 Å². The van der Waals surface area contributed by atoms with E-state index in [0.29, 0.717) is 5.92 Å². The number of halogens is 3. The molecule has 20 heavy (non-hydrogen) atoms. The van der Waals surface area contributed by atoms with E-state index in [9.17, 15) is 0 Å². The monoisotopic (exact) mass is 460 g/mol. The van der Waals surface area contributed by atoms with Gasteiger partial charge < -0.3 is 4.74 Å². The van der Waals surface area contributed by atoms with Crippen molar-refractivity contribution in [2.24, 2.45) is 0 Å². The highest BCUT2D eigenvalue weighted by Gasteiger charge is 2.14. The van der Waals surface area contributed by atoms with E-state index < -0.39 is 0 Å². The molecule has 2 aromatic carbocycles. The van der Waals surface area contributed by atoms with E-state index in [-0.39, 0.29) is 0 Å². The van der Waals surface area contributed by atoms with Gasteiger partial charge in [-0.05, 0) is 53.8 Å². The van der Waals surface area contributed by atoms with Crippen molar-refractivity contribution in [2.45, 2.75) is 12.3 Å². The van der Waals surface area contributed by atoms with Crippen LogP contribution in [0.5, 0.6) is 5.75 Å². The van der Waals surface area contributed by atoms with Crippen LogP contribution in [0.4, 0.5) is 0 Å². The van der Waals surface area contributed by atoms with E-state index in [4.69, 9.17) is 4.74 Å². The van der Waals surface area contributed by atoms with Gasteiger partial charge in [0.15, 0.2) is 0 Å². The van der Waals surface area contributed by atoms with E-state index >= 15 is 0 Å². The van der Waals surface area contributed by atoms with Crippen LogP contribution in [-0.4, -0.2) is 12.4 Å². The van der Waals surface area contributed by atoms with Crippen molar-refractivity contribution in [3.63, 3.8) is 0 Å². The zero-order chi connectivity index (χ0) is 14.5. The highest BCUT2D eigenvalue weighted by atomic mass is 79.9. The van der Waals surface area contributed by atoms with Crippen molar-refractivity contribution in [2.75, 3.05) is 12.4 Å². The molecule has 2 rings (SSSR count). The molecule has 0 amide bonds. The molecule has 0 bridgehead atoms. The minimum absolute atomic E-state index is 0.413. The zero-order valence-corrected chi connectivity index (χ0v) is 15.8. The molecule has 0 fully saturated rings. The number of rotatable bonds is 5. The van der Waals surface area contributed by atoms with Gasteiger partial charge in [0.2, 0.25) is 0 Å². The van der Waals surface area contributed by atoms with Crippen LogP contribution in [-0.2, 0) is 6.42 Å². The van der Waals surface area contributed by atoms with Crippen LogP contribution in [0.15, 0.2) is 51.4 Å². The van der Waals surface area contributed by atoms with Crippen molar-refractivity contribution in [1.29, 1.82) is 0 Å². The van der Waals surface area contributed by atoms with Crippen LogP contribution >= 0.6 is 47.8 Å². The van der Waals surface area contributed by atoms with Crippen LogP contribution in [0.1, 0.15) is 17.0 Å². The van der Waals surface area contributed by atoms with Gasteiger partial charge in [0.1, 0.15) is 5.75 Å². The topological polar surface area (TPSA) is 9.23 Å². The lowest BCUT2D eigenvalue weighted by atomic mass is 9.93. The molecule has 0 heterocycles. The number of alkyl halides is 1. The van der Waals surface area contributed by atoms with Crippen LogP contribution < -0.4 is 4.74 Å². The summed E-state index contributed by atoms with van der Waals surface area (Å²) in [6, 6.07) is 14.6. The second-order valence-electron chi connectivity index (χ2n) is 4.57. The van der Waals surface area contributed by atoms with Crippen molar-refractivity contribution in [1.82, 2.24) is 0 Å². The molecular formula is C16H15Br3O. The SMILES string of the molecule is COc1ccc(Br)cc1CC(CBr)c1cccc(Br)c1. The zero-order valence-electron chi connectivity index (χ0n) is 11.1. The lowest BCUT2D eigenvalue weighted by Gasteiger charge is -2.17. The first kappa shape index (κ1) is 16.1. The molecule has 0 N–H and O–H groups in total. The number of benzene rings is 2. The summed E-state index contributed by atoms with van der Waals surface area (Å²) in [5, 5.41) is 0.916. The van der Waals surface area contributed by atoms with E-state index in [0.717, 1.165) is 26.4 Å². The van der Waals surface area contributed by atoms with Gasteiger partial charge in [-0.2, -0.15) is 0 Å². The Kier molecular flexibility index (Phi) is 6.12. The predicted octanol–water partition coefficient (Wildman–Crippen LogP) is 5.94. The summed E-state index contributed by atoms with van der Waals surface area (Å²) in [4.78, 5) is 0. The molecule has 0 saturated carbocycles. The summed E-state index contributed by atoms with van der Waals surface area (Å²) >= 11 is 10.7. The van der Waals surface area contributed by atoms with Gasteiger partial charge in [0.05, 0.1) is 7.11 Å². The maximum Gasteiger partial charge on any atom is 0.122 e. The Morgan fingerprint density at radius 1 is 1.05 bits per heavy atom. The Morgan fingerprint density at radius 2 is 1.80 bits per heavy atom. The maximum atomic E-state index is 5.46. The Morgan fingerprint density at radius 3 is 2.45 bits per heavy atom. The maximum absolute atomic E-state index is 5.46. The van der Waals surface area contributed by atoms with Gasteiger partial charge in [-0.15, -0.1) is 0 Å². The van der Waals surface area contributed by atoms with Gasteiger partial charge >= 0.3 is 0 Å². The minimum atomic E-state index is 0.413. The van der Waals surface area contributed by atoms with Crippen LogP contribution in [0, 0.1) is 0 Å². The van der Waals surface area contributed by atoms with Gasteiger partial charge in [-0.1, -0.05) is 59.9 Å². The van der Waals surface area contributed by atoms with E-state index in [1.54, 1.807) is 7.11 Å². The molecule has 1 atom stereocenters. The first-order valence-corrected chi connectivity index (χ1v) is 8.98. The lowest BCUT2D eigenvalue weighted by molar-refractivity contribution is 0.408. The molecule has 0 spiro atoms. The summed E-state index contributed by atoms with van der Waals surface area (Å²) in [6.45, 7) is 0. The van der Waals surface area contributed by atoms with Crippen LogP contribution in [0.25, 0.3) is 0 Å². The Bertz CT molecular complexity index is 584. The first-order chi connectivity index (χ1) is 9.63. The van der Waals surface area contributed by atoms with Crippen LogP contribution in [0.2, 0.25) is 0 Å². The summed E-state index contributed by atoms with van der Waals surface area (Å²) in [5.74, 6) is 1.35. The molecule has 0 aliphatic rings. The standard InChI is InChI=1S/C16H15Br3O/c1-20-16-6-5-15(19)9-12(16)7-13(10-17)11-3-2-4-14(18)8-11/h2-6,8-9,13H,7,10H2,1H3. The average Bonchev–Trinajstić information content (AvgIpc) is 2.45. The summed E-state index contributed by atoms with van der Waals surface area (Å²) in [6.07, 6.45) is 0.935. The van der Waals surface area contributed by atoms with Gasteiger partial charge in [0.25, 0.3) is 0 Å². The van der Waals surface area contributed by atoms with Crippen molar-refractivity contribution in [3.8, 4) is 5.75 Å². The third kappa shape index (κ3) is 4.09. The lowest BCUT2D eigenvalue weighted by Crippen LogP contribution is -2.06. The molecule has 106 valence electrons. The quantitative estimate of drug-likeness (QED) is 0.499. The first-order valence-electron chi connectivity index (χ1n) is 6.28. The second kappa shape index (κ2) is 7.62. The Labute approximate surface area is 145 Å². The van der Waals surface area contributed by atoms with E-state index in [1.165, 1.54) is 11.1 Å². The predicted molar refractivity (Wildman–Crippen MR) is 95.1 cm³/mol. The fourth-order valence-corrected chi connectivity index (χ4v) is 3.62. The molecule has 4 heteroatoms. The highest BCUT2D eigenvalue weighted by Crippen LogP contribution is 2.31. The molecule has 0 radical (unpaired) electrons. The Balaban J connectivity index is 2.28.